The number of anilines is 1. The number of rotatable bonds is 3. The number of benzene rings is 2. The van der Waals surface area contributed by atoms with Crippen molar-refractivity contribution in [3.8, 4) is 0 Å². The summed E-state index contributed by atoms with van der Waals surface area (Å²) in [4.78, 5) is -0.860. The summed E-state index contributed by atoms with van der Waals surface area (Å²) in [5, 5.41) is 5.12. The van der Waals surface area contributed by atoms with Gasteiger partial charge in [-0.15, -0.1) is 0 Å². The highest BCUT2D eigenvalue weighted by atomic mass is 32.2. The van der Waals surface area contributed by atoms with E-state index in [1.165, 1.54) is 30.3 Å². The van der Waals surface area contributed by atoms with Crippen molar-refractivity contribution in [3.05, 3.63) is 47.5 Å². The summed E-state index contributed by atoms with van der Waals surface area (Å²) in [6.07, 6.45) is 0. The predicted octanol–water partition coefficient (Wildman–Crippen LogP) is 1.37. The molecule has 0 saturated heterocycles. The van der Waals surface area contributed by atoms with Gasteiger partial charge in [-0.1, -0.05) is 12.1 Å². The molecule has 118 valence electrons. The number of nitrogens with two attached hydrogens (primary N) is 2. The third kappa shape index (κ3) is 2.99. The largest absolute Gasteiger partial charge is 0.398 e. The van der Waals surface area contributed by atoms with Gasteiger partial charge in [0.15, 0.2) is 0 Å². The lowest BCUT2D eigenvalue weighted by atomic mass is 10.2. The number of hydrogen-bond acceptors (Lipinski definition) is 5. The van der Waals surface area contributed by atoms with E-state index in [0.717, 1.165) is 5.56 Å². The lowest BCUT2D eigenvalue weighted by Gasteiger charge is -2.11. The molecule has 0 unspecified atom stereocenters. The molecule has 0 atom stereocenters. The Morgan fingerprint density at radius 1 is 0.864 bits per heavy atom. The molecule has 0 spiro atoms. The Labute approximate surface area is 129 Å². The van der Waals surface area contributed by atoms with Crippen molar-refractivity contribution >= 4 is 25.5 Å². The van der Waals surface area contributed by atoms with Crippen LogP contribution in [-0.2, 0) is 19.9 Å². The van der Waals surface area contributed by atoms with Crippen LogP contribution in [0.3, 0.4) is 0 Å². The van der Waals surface area contributed by atoms with Crippen molar-refractivity contribution in [2.24, 2.45) is 5.14 Å². The smallest absolute Gasteiger partial charge is 0.239 e. The summed E-state index contributed by atoms with van der Waals surface area (Å²) < 4.78 is 48.8. The summed E-state index contributed by atoms with van der Waals surface area (Å²) >= 11 is 0. The van der Waals surface area contributed by atoms with E-state index in [2.05, 4.69) is 0 Å². The van der Waals surface area contributed by atoms with Gasteiger partial charge in [0.05, 0.1) is 9.79 Å². The normalized spacial score (nSPS) is 12.3. The first kappa shape index (κ1) is 16.5. The first-order valence-electron chi connectivity index (χ1n) is 6.28. The van der Waals surface area contributed by atoms with E-state index in [0.29, 0.717) is 11.3 Å². The number of aryl methyl sites for hydroxylation is 2. The van der Waals surface area contributed by atoms with Crippen molar-refractivity contribution in [3.63, 3.8) is 0 Å². The monoisotopic (exact) mass is 340 g/mol. The van der Waals surface area contributed by atoms with Crippen LogP contribution in [0.25, 0.3) is 0 Å². The van der Waals surface area contributed by atoms with Gasteiger partial charge in [-0.05, 0) is 49.2 Å². The Morgan fingerprint density at radius 2 is 1.50 bits per heavy atom. The molecule has 2 aromatic carbocycles. The van der Waals surface area contributed by atoms with E-state index in [1.54, 1.807) is 19.9 Å². The topological polar surface area (TPSA) is 120 Å². The maximum atomic E-state index is 12.7. The highest BCUT2D eigenvalue weighted by Crippen LogP contribution is 2.29. The fraction of sp³-hybridized carbons (Fsp3) is 0.143. The van der Waals surface area contributed by atoms with Gasteiger partial charge >= 0.3 is 0 Å². The molecular formula is C14H16N2O4S2. The van der Waals surface area contributed by atoms with Crippen molar-refractivity contribution < 1.29 is 16.8 Å². The Bertz CT molecular complexity index is 949. The summed E-state index contributed by atoms with van der Waals surface area (Å²) in [6, 6.07) is 8.22. The first-order valence-corrected chi connectivity index (χ1v) is 9.31. The molecule has 0 bridgehead atoms. The molecule has 4 N–H and O–H groups in total. The van der Waals surface area contributed by atoms with Crippen LogP contribution >= 0.6 is 0 Å². The molecule has 2 aromatic rings. The van der Waals surface area contributed by atoms with Gasteiger partial charge in [-0.25, -0.2) is 22.0 Å². The van der Waals surface area contributed by atoms with Crippen molar-refractivity contribution in [1.29, 1.82) is 0 Å². The Kier molecular flexibility index (Phi) is 4.03. The summed E-state index contributed by atoms with van der Waals surface area (Å²) in [7, 11) is -8.22. The second kappa shape index (κ2) is 5.38. The highest BCUT2D eigenvalue weighted by molar-refractivity contribution is 7.93. The average molecular weight is 340 g/mol. The molecule has 2 rings (SSSR count). The third-order valence-corrected chi connectivity index (χ3v) is 6.15. The minimum Gasteiger partial charge on any atom is -0.398 e. The molecule has 0 aromatic heterocycles. The minimum atomic E-state index is -4.17. The van der Waals surface area contributed by atoms with Crippen molar-refractivity contribution in [1.82, 2.24) is 0 Å². The SMILES string of the molecule is Cc1ccc(S(N)(=O)=O)c(S(=O)(=O)c2ccc(C)c(N)c2)c1. The molecule has 0 aliphatic heterocycles. The van der Waals surface area contributed by atoms with E-state index in [9.17, 15) is 16.8 Å². The standard InChI is InChI=1S/C14H16N2O4S2/c1-9-3-6-13(22(16,19)20)14(7-9)21(17,18)11-5-4-10(2)12(15)8-11/h3-8H,15H2,1-2H3,(H2,16,19,20). The average Bonchev–Trinajstić information content (AvgIpc) is 2.40. The summed E-state index contributed by atoms with van der Waals surface area (Å²) in [5.74, 6) is 0. The molecule has 6 nitrogen and oxygen atoms in total. The zero-order valence-corrected chi connectivity index (χ0v) is 13.7. The molecule has 0 saturated carbocycles. The second-order valence-corrected chi connectivity index (χ2v) is 8.46. The van der Waals surface area contributed by atoms with Gasteiger partial charge in [0.1, 0.15) is 4.90 Å². The fourth-order valence-corrected chi connectivity index (χ4v) is 4.70. The van der Waals surface area contributed by atoms with Crippen LogP contribution in [0.2, 0.25) is 0 Å². The molecular weight excluding hydrogens is 324 g/mol. The predicted molar refractivity (Wildman–Crippen MR) is 83.6 cm³/mol. The fourth-order valence-electron chi connectivity index (χ4n) is 1.97. The van der Waals surface area contributed by atoms with Gasteiger partial charge in [0, 0.05) is 5.69 Å². The number of sulfone groups is 1. The number of nitrogen functional groups attached to an aromatic ring is 1. The Balaban J connectivity index is 2.79. The van der Waals surface area contributed by atoms with Crippen LogP contribution in [0.5, 0.6) is 0 Å². The maximum Gasteiger partial charge on any atom is 0.239 e. The van der Waals surface area contributed by atoms with Gasteiger partial charge < -0.3 is 5.73 Å². The number of primary sulfonamides is 1. The van der Waals surface area contributed by atoms with Gasteiger partial charge in [-0.3, -0.25) is 0 Å². The van der Waals surface area contributed by atoms with Crippen LogP contribution in [0.15, 0.2) is 51.1 Å². The zero-order chi connectivity index (χ0) is 16.7. The molecule has 22 heavy (non-hydrogen) atoms. The third-order valence-electron chi connectivity index (χ3n) is 3.26. The van der Waals surface area contributed by atoms with Crippen LogP contribution in [0, 0.1) is 13.8 Å². The minimum absolute atomic E-state index is 0.0777. The lowest BCUT2D eigenvalue weighted by Crippen LogP contribution is -2.17. The lowest BCUT2D eigenvalue weighted by molar-refractivity contribution is 0.583. The maximum absolute atomic E-state index is 12.7. The highest BCUT2D eigenvalue weighted by Gasteiger charge is 2.26. The van der Waals surface area contributed by atoms with Crippen LogP contribution in [0.4, 0.5) is 5.69 Å². The van der Waals surface area contributed by atoms with E-state index < -0.39 is 24.8 Å². The van der Waals surface area contributed by atoms with Gasteiger partial charge in [0.25, 0.3) is 0 Å². The first-order chi connectivity index (χ1) is 10.0. The Hall–Kier alpha value is -1.90. The molecule has 0 fully saturated rings. The van der Waals surface area contributed by atoms with E-state index in [4.69, 9.17) is 10.9 Å². The van der Waals surface area contributed by atoms with Crippen molar-refractivity contribution in [2.45, 2.75) is 28.5 Å². The summed E-state index contributed by atoms with van der Waals surface area (Å²) in [6.45, 7) is 3.41. The van der Waals surface area contributed by atoms with E-state index in [1.807, 2.05) is 0 Å². The number of sulfonamides is 1. The second-order valence-electron chi connectivity index (χ2n) is 5.02. The van der Waals surface area contributed by atoms with E-state index in [-0.39, 0.29) is 9.79 Å². The zero-order valence-electron chi connectivity index (χ0n) is 12.1. The molecule has 8 heteroatoms. The van der Waals surface area contributed by atoms with Crippen molar-refractivity contribution in [2.75, 3.05) is 5.73 Å². The molecule has 0 radical (unpaired) electrons. The van der Waals surface area contributed by atoms with Gasteiger partial charge in [0.2, 0.25) is 19.9 Å². The molecule has 0 amide bonds. The van der Waals surface area contributed by atoms with Crippen LogP contribution < -0.4 is 10.9 Å². The summed E-state index contributed by atoms with van der Waals surface area (Å²) in [5.41, 5.74) is 7.39. The van der Waals surface area contributed by atoms with E-state index >= 15 is 0 Å². The molecule has 0 aliphatic carbocycles. The number of hydrogen-bond donors (Lipinski definition) is 2. The molecule has 0 aliphatic rings. The van der Waals surface area contributed by atoms with Crippen LogP contribution in [-0.4, -0.2) is 16.8 Å². The van der Waals surface area contributed by atoms with Crippen LogP contribution in [0.1, 0.15) is 11.1 Å². The van der Waals surface area contributed by atoms with Gasteiger partial charge in [-0.2, -0.15) is 0 Å². The quantitative estimate of drug-likeness (QED) is 0.817. The molecule has 0 heterocycles. The Morgan fingerprint density at radius 3 is 2.05 bits per heavy atom.